The summed E-state index contributed by atoms with van der Waals surface area (Å²) in [5.41, 5.74) is 0.276. The maximum atomic E-state index is 13.5. The molecule has 3 N–H and O–H groups in total. The number of likely N-dealkylation sites (tertiary alicyclic amines) is 1. The van der Waals surface area contributed by atoms with Gasteiger partial charge >= 0.3 is 0 Å². The van der Waals surface area contributed by atoms with Gasteiger partial charge in [-0.1, -0.05) is 26.0 Å². The van der Waals surface area contributed by atoms with E-state index >= 15 is 0 Å². The van der Waals surface area contributed by atoms with E-state index in [1.165, 1.54) is 11.9 Å². The van der Waals surface area contributed by atoms with Crippen LogP contribution in [0.2, 0.25) is 0 Å². The SMILES string of the molecule is CNC(=O)C1CC(O)CN1C(=O)[C@@H](n1cc(CNC2CCOC2)nn1)C(C)(C)C. The van der Waals surface area contributed by atoms with Crippen LogP contribution in [0.25, 0.3) is 0 Å². The van der Waals surface area contributed by atoms with Crippen LogP contribution < -0.4 is 10.6 Å². The Hall–Kier alpha value is -2.04. The van der Waals surface area contributed by atoms with Crippen molar-refractivity contribution in [2.24, 2.45) is 5.41 Å². The van der Waals surface area contributed by atoms with Gasteiger partial charge in [-0.05, 0) is 11.8 Å². The van der Waals surface area contributed by atoms with Gasteiger partial charge in [0.15, 0.2) is 0 Å². The zero-order chi connectivity index (χ0) is 21.2. The molecular weight excluding hydrogens is 376 g/mol. The van der Waals surface area contributed by atoms with E-state index < -0.39 is 23.6 Å². The molecule has 2 aliphatic rings. The second-order valence-corrected chi connectivity index (χ2v) is 8.91. The Kier molecular flexibility index (Phi) is 6.55. The van der Waals surface area contributed by atoms with E-state index in [-0.39, 0.29) is 24.8 Å². The summed E-state index contributed by atoms with van der Waals surface area (Å²) in [6.07, 6.45) is 2.26. The van der Waals surface area contributed by atoms with E-state index in [4.69, 9.17) is 4.74 Å². The monoisotopic (exact) mass is 408 g/mol. The van der Waals surface area contributed by atoms with Crippen molar-refractivity contribution in [1.82, 2.24) is 30.5 Å². The van der Waals surface area contributed by atoms with Gasteiger partial charge in [-0.2, -0.15) is 0 Å². The third-order valence-electron chi connectivity index (χ3n) is 5.49. The minimum absolute atomic E-state index is 0.133. The van der Waals surface area contributed by atoms with Crippen molar-refractivity contribution in [3.8, 4) is 0 Å². The standard InChI is InChI=1S/C19H32N6O4/c1-19(2,3)16(18(28)24-10-14(26)7-15(24)17(27)20-4)25-9-13(22-23-25)8-21-12-5-6-29-11-12/h9,12,14-16,21,26H,5-8,10-11H2,1-4H3,(H,20,27)/t12?,14?,15?,16-/m1/s1. The second kappa shape index (κ2) is 8.76. The third-order valence-corrected chi connectivity index (χ3v) is 5.49. The second-order valence-electron chi connectivity index (χ2n) is 8.91. The quantitative estimate of drug-likeness (QED) is 0.577. The molecule has 3 heterocycles. The summed E-state index contributed by atoms with van der Waals surface area (Å²) >= 11 is 0. The van der Waals surface area contributed by atoms with Crippen LogP contribution in [0.4, 0.5) is 0 Å². The Balaban J connectivity index is 1.77. The van der Waals surface area contributed by atoms with Crippen molar-refractivity contribution < 1.29 is 19.4 Å². The van der Waals surface area contributed by atoms with Gasteiger partial charge in [0.1, 0.15) is 12.1 Å². The molecule has 2 fully saturated rings. The van der Waals surface area contributed by atoms with E-state index in [1.807, 2.05) is 20.8 Å². The van der Waals surface area contributed by atoms with Crippen molar-refractivity contribution in [3.63, 3.8) is 0 Å². The summed E-state index contributed by atoms with van der Waals surface area (Å²) in [7, 11) is 1.53. The first-order valence-electron chi connectivity index (χ1n) is 10.1. The van der Waals surface area contributed by atoms with Crippen LogP contribution in [0.5, 0.6) is 0 Å². The maximum Gasteiger partial charge on any atom is 0.248 e. The number of ether oxygens (including phenoxy) is 1. The molecule has 0 saturated carbocycles. The molecule has 3 rings (SSSR count). The number of carbonyl (C=O) groups is 2. The summed E-state index contributed by atoms with van der Waals surface area (Å²) < 4.78 is 6.94. The smallest absolute Gasteiger partial charge is 0.248 e. The molecule has 3 unspecified atom stereocenters. The molecule has 29 heavy (non-hydrogen) atoms. The van der Waals surface area contributed by atoms with Crippen molar-refractivity contribution in [3.05, 3.63) is 11.9 Å². The molecule has 162 valence electrons. The topological polar surface area (TPSA) is 122 Å². The third kappa shape index (κ3) is 4.93. The van der Waals surface area contributed by atoms with Crippen molar-refractivity contribution in [1.29, 1.82) is 0 Å². The molecule has 1 aromatic rings. The Morgan fingerprint density at radius 2 is 2.17 bits per heavy atom. The minimum Gasteiger partial charge on any atom is -0.391 e. The van der Waals surface area contributed by atoms with Crippen LogP contribution in [0.15, 0.2) is 6.20 Å². The normalized spacial score (nSPS) is 26.0. The number of amides is 2. The Morgan fingerprint density at radius 3 is 2.79 bits per heavy atom. The van der Waals surface area contributed by atoms with Gasteiger partial charge in [0.2, 0.25) is 11.8 Å². The molecule has 0 radical (unpaired) electrons. The van der Waals surface area contributed by atoms with Gasteiger partial charge in [0, 0.05) is 39.2 Å². The summed E-state index contributed by atoms with van der Waals surface area (Å²) in [6.45, 7) is 7.98. The van der Waals surface area contributed by atoms with Gasteiger partial charge in [-0.3, -0.25) is 9.59 Å². The van der Waals surface area contributed by atoms with E-state index in [2.05, 4.69) is 20.9 Å². The molecule has 0 spiro atoms. The van der Waals surface area contributed by atoms with Gasteiger partial charge in [0.05, 0.1) is 24.6 Å². The fourth-order valence-corrected chi connectivity index (χ4v) is 3.97. The van der Waals surface area contributed by atoms with E-state index in [1.54, 1.807) is 10.9 Å². The van der Waals surface area contributed by atoms with Crippen molar-refractivity contribution >= 4 is 11.8 Å². The van der Waals surface area contributed by atoms with Gasteiger partial charge in [-0.15, -0.1) is 5.10 Å². The number of nitrogens with one attached hydrogen (secondary N) is 2. The van der Waals surface area contributed by atoms with Crippen LogP contribution in [0, 0.1) is 5.41 Å². The zero-order valence-electron chi connectivity index (χ0n) is 17.6. The molecule has 2 amide bonds. The molecule has 0 bridgehead atoms. The van der Waals surface area contributed by atoms with Crippen LogP contribution in [-0.4, -0.2) is 81.8 Å². The Morgan fingerprint density at radius 1 is 1.41 bits per heavy atom. The number of nitrogens with zero attached hydrogens (tertiary/aromatic N) is 4. The van der Waals surface area contributed by atoms with Crippen LogP contribution in [0.3, 0.4) is 0 Å². The average molecular weight is 409 g/mol. The van der Waals surface area contributed by atoms with E-state index in [9.17, 15) is 14.7 Å². The number of β-amino-alcohol motifs (C(OH)–C–C–N with tert-alkyl or cyclic N) is 1. The molecule has 4 atom stereocenters. The highest BCUT2D eigenvalue weighted by molar-refractivity contribution is 5.90. The molecular formula is C19H32N6O4. The number of aromatic nitrogens is 3. The molecule has 1 aromatic heterocycles. The maximum absolute atomic E-state index is 13.5. The number of rotatable bonds is 6. The molecule has 0 aromatic carbocycles. The fourth-order valence-electron chi connectivity index (χ4n) is 3.97. The zero-order valence-corrected chi connectivity index (χ0v) is 17.6. The first-order valence-corrected chi connectivity index (χ1v) is 10.1. The summed E-state index contributed by atoms with van der Waals surface area (Å²) in [4.78, 5) is 27.2. The predicted molar refractivity (Wildman–Crippen MR) is 105 cm³/mol. The summed E-state index contributed by atoms with van der Waals surface area (Å²) in [6, 6.07) is -1.02. The number of carbonyl (C=O) groups excluding carboxylic acids is 2. The molecule has 2 aliphatic heterocycles. The van der Waals surface area contributed by atoms with Crippen molar-refractivity contribution in [2.75, 3.05) is 26.8 Å². The van der Waals surface area contributed by atoms with Crippen LogP contribution in [0.1, 0.15) is 45.3 Å². The summed E-state index contributed by atoms with van der Waals surface area (Å²) in [5.74, 6) is -0.513. The van der Waals surface area contributed by atoms with Crippen LogP contribution in [-0.2, 0) is 20.9 Å². The molecule has 10 nitrogen and oxygen atoms in total. The highest BCUT2D eigenvalue weighted by Crippen LogP contribution is 2.34. The Labute approximate surface area is 171 Å². The highest BCUT2D eigenvalue weighted by atomic mass is 16.5. The van der Waals surface area contributed by atoms with E-state index in [0.717, 1.165) is 18.7 Å². The lowest BCUT2D eigenvalue weighted by Gasteiger charge is -2.34. The lowest BCUT2D eigenvalue weighted by Crippen LogP contribution is -2.49. The van der Waals surface area contributed by atoms with Gasteiger partial charge in [-0.25, -0.2) is 4.68 Å². The van der Waals surface area contributed by atoms with Gasteiger partial charge < -0.3 is 25.4 Å². The summed E-state index contributed by atoms with van der Waals surface area (Å²) in [5, 5.41) is 24.5. The minimum atomic E-state index is -0.717. The molecule has 0 aliphatic carbocycles. The largest absolute Gasteiger partial charge is 0.391 e. The number of hydrogen-bond donors (Lipinski definition) is 3. The molecule has 10 heteroatoms. The lowest BCUT2D eigenvalue weighted by atomic mass is 9.85. The fraction of sp³-hybridized carbons (Fsp3) is 0.789. The van der Waals surface area contributed by atoms with Crippen molar-refractivity contribution in [2.45, 2.75) is 64.4 Å². The number of aliphatic hydroxyl groups excluding tert-OH is 1. The van der Waals surface area contributed by atoms with E-state index in [0.29, 0.717) is 19.2 Å². The van der Waals surface area contributed by atoms with Crippen LogP contribution >= 0.6 is 0 Å². The highest BCUT2D eigenvalue weighted by Gasteiger charge is 2.45. The molecule has 2 saturated heterocycles. The Bertz CT molecular complexity index is 725. The first kappa shape index (κ1) is 21.7. The first-order chi connectivity index (χ1) is 13.7. The number of aliphatic hydroxyl groups is 1. The lowest BCUT2D eigenvalue weighted by molar-refractivity contribution is -0.144. The number of hydrogen-bond acceptors (Lipinski definition) is 7. The van der Waals surface area contributed by atoms with Gasteiger partial charge in [0.25, 0.3) is 0 Å². The predicted octanol–water partition coefficient (Wildman–Crippen LogP) is -0.548. The number of likely N-dealkylation sites (N-methyl/N-ethyl adjacent to an activating group) is 1. The average Bonchev–Trinajstić information content (AvgIpc) is 3.39.